The Kier molecular flexibility index (Phi) is 5.67. The number of nitrogens with zero attached hydrogens (tertiary/aromatic N) is 2. The van der Waals surface area contributed by atoms with Gasteiger partial charge in [-0.15, -0.1) is 0 Å². The van der Waals surface area contributed by atoms with Gasteiger partial charge in [-0.25, -0.2) is 4.39 Å². The number of thiocarbonyl (C=S) groups is 1. The Hall–Kier alpha value is -1.96. The average Bonchev–Trinajstić information content (AvgIpc) is 2.91. The Balaban J connectivity index is 1.71. The molecule has 3 rings (SSSR count). The van der Waals surface area contributed by atoms with Crippen molar-refractivity contribution in [2.45, 2.75) is 6.54 Å². The summed E-state index contributed by atoms with van der Waals surface area (Å²) in [6.45, 7) is 0.213. The molecule has 1 heterocycles. The van der Waals surface area contributed by atoms with E-state index in [4.69, 9.17) is 23.8 Å². The van der Waals surface area contributed by atoms with Gasteiger partial charge in [-0.05, 0) is 52.4 Å². The molecule has 0 aliphatic rings. The highest BCUT2D eigenvalue weighted by atomic mass is 79.9. The maximum Gasteiger partial charge on any atom is 0.176 e. The lowest BCUT2D eigenvalue weighted by Gasteiger charge is -2.09. The zero-order valence-electron chi connectivity index (χ0n) is 12.8. The molecule has 0 unspecified atom stereocenters. The Morgan fingerprint density at radius 2 is 1.92 bits per heavy atom. The fraction of sp³-hybridized carbons (Fsp3) is 0.0588. The van der Waals surface area contributed by atoms with Crippen LogP contribution in [0.2, 0.25) is 5.02 Å². The van der Waals surface area contributed by atoms with Crippen LogP contribution in [0, 0.1) is 5.82 Å². The number of hydrogen-bond donors (Lipinski definition) is 2. The van der Waals surface area contributed by atoms with Crippen LogP contribution < -0.4 is 10.6 Å². The second-order valence-electron chi connectivity index (χ2n) is 5.17. The van der Waals surface area contributed by atoms with E-state index in [1.165, 1.54) is 6.07 Å². The molecule has 0 atom stereocenters. The summed E-state index contributed by atoms with van der Waals surface area (Å²) in [4.78, 5) is 0. The Morgan fingerprint density at radius 3 is 2.64 bits per heavy atom. The maximum atomic E-state index is 13.9. The zero-order valence-corrected chi connectivity index (χ0v) is 16.0. The molecule has 8 heteroatoms. The number of anilines is 2. The van der Waals surface area contributed by atoms with Gasteiger partial charge in [0.2, 0.25) is 0 Å². The van der Waals surface area contributed by atoms with Gasteiger partial charge >= 0.3 is 0 Å². The van der Waals surface area contributed by atoms with Crippen molar-refractivity contribution >= 4 is 56.4 Å². The third kappa shape index (κ3) is 4.56. The minimum Gasteiger partial charge on any atom is -0.332 e. The standard InChI is InChI=1S/C17H13BrClFN4S/c18-13-10-24(9-12-14(19)7-4-8-15(12)20)23-16(13)22-17(25)21-11-5-2-1-3-6-11/h1-8,10H,9H2,(H2,21,22,23,25). The molecule has 128 valence electrons. The molecular formula is C17H13BrClFN4S. The summed E-state index contributed by atoms with van der Waals surface area (Å²) < 4.78 is 16.2. The van der Waals surface area contributed by atoms with Crippen LogP contribution in [-0.4, -0.2) is 14.9 Å². The molecular weight excluding hydrogens is 427 g/mol. The molecule has 2 N–H and O–H groups in total. The van der Waals surface area contributed by atoms with Crippen molar-refractivity contribution in [2.75, 3.05) is 10.6 Å². The first-order chi connectivity index (χ1) is 12.0. The molecule has 0 bridgehead atoms. The van der Waals surface area contributed by atoms with Gasteiger partial charge in [0, 0.05) is 22.5 Å². The predicted molar refractivity (Wildman–Crippen MR) is 107 cm³/mol. The van der Waals surface area contributed by atoms with Gasteiger partial charge in [-0.2, -0.15) is 5.10 Å². The van der Waals surface area contributed by atoms with Crippen LogP contribution in [-0.2, 0) is 6.54 Å². The fourth-order valence-electron chi connectivity index (χ4n) is 2.20. The lowest BCUT2D eigenvalue weighted by Crippen LogP contribution is -2.19. The molecule has 2 aromatic carbocycles. The van der Waals surface area contributed by atoms with E-state index in [0.29, 0.717) is 26.0 Å². The van der Waals surface area contributed by atoms with E-state index < -0.39 is 0 Å². The van der Waals surface area contributed by atoms with E-state index in [9.17, 15) is 4.39 Å². The van der Waals surface area contributed by atoms with E-state index in [1.807, 2.05) is 30.3 Å². The summed E-state index contributed by atoms with van der Waals surface area (Å²) >= 11 is 14.8. The van der Waals surface area contributed by atoms with E-state index in [-0.39, 0.29) is 12.4 Å². The van der Waals surface area contributed by atoms with Gasteiger partial charge in [0.05, 0.1) is 11.0 Å². The minimum atomic E-state index is -0.366. The molecule has 25 heavy (non-hydrogen) atoms. The third-order valence-electron chi connectivity index (χ3n) is 3.36. The van der Waals surface area contributed by atoms with Gasteiger partial charge in [-0.1, -0.05) is 35.9 Å². The van der Waals surface area contributed by atoms with Crippen molar-refractivity contribution < 1.29 is 4.39 Å². The van der Waals surface area contributed by atoms with Crippen LogP contribution in [0.1, 0.15) is 5.56 Å². The quantitative estimate of drug-likeness (QED) is 0.542. The van der Waals surface area contributed by atoms with Gasteiger partial charge in [0.25, 0.3) is 0 Å². The SMILES string of the molecule is Fc1cccc(Cl)c1Cn1cc(Br)c(NC(=S)Nc2ccccc2)n1. The summed E-state index contributed by atoms with van der Waals surface area (Å²) in [6, 6.07) is 14.1. The summed E-state index contributed by atoms with van der Waals surface area (Å²) in [7, 11) is 0. The molecule has 0 radical (unpaired) electrons. The highest BCUT2D eigenvalue weighted by Gasteiger charge is 2.12. The number of hydrogen-bond acceptors (Lipinski definition) is 2. The normalized spacial score (nSPS) is 10.5. The van der Waals surface area contributed by atoms with E-state index in [1.54, 1.807) is 23.0 Å². The van der Waals surface area contributed by atoms with Crippen LogP contribution in [0.3, 0.4) is 0 Å². The van der Waals surface area contributed by atoms with Crippen LogP contribution in [0.25, 0.3) is 0 Å². The Morgan fingerprint density at radius 1 is 1.16 bits per heavy atom. The molecule has 1 aromatic heterocycles. The van der Waals surface area contributed by atoms with Crippen molar-refractivity contribution in [3.63, 3.8) is 0 Å². The highest BCUT2D eigenvalue weighted by molar-refractivity contribution is 9.10. The largest absolute Gasteiger partial charge is 0.332 e. The van der Waals surface area contributed by atoms with Crippen LogP contribution in [0.15, 0.2) is 59.2 Å². The number of halogens is 3. The number of benzene rings is 2. The number of rotatable bonds is 4. The van der Waals surface area contributed by atoms with Crippen molar-refractivity contribution in [1.82, 2.24) is 9.78 Å². The van der Waals surface area contributed by atoms with Crippen molar-refractivity contribution in [2.24, 2.45) is 0 Å². The van der Waals surface area contributed by atoms with Gasteiger partial charge in [0.15, 0.2) is 10.9 Å². The lowest BCUT2D eigenvalue weighted by molar-refractivity contribution is 0.586. The van der Waals surface area contributed by atoms with Gasteiger partial charge < -0.3 is 10.6 Å². The summed E-state index contributed by atoms with van der Waals surface area (Å²) in [6.07, 6.45) is 1.73. The van der Waals surface area contributed by atoms with Crippen LogP contribution in [0.5, 0.6) is 0 Å². The molecule has 0 fully saturated rings. The average molecular weight is 440 g/mol. The van der Waals surface area contributed by atoms with Crippen molar-refractivity contribution in [3.05, 3.63) is 75.6 Å². The van der Waals surface area contributed by atoms with Crippen LogP contribution >= 0.6 is 39.7 Å². The molecule has 0 amide bonds. The molecule has 0 aliphatic carbocycles. The first-order valence-corrected chi connectivity index (χ1v) is 8.90. The summed E-state index contributed by atoms with van der Waals surface area (Å²) in [5, 5.41) is 11.2. The third-order valence-corrected chi connectivity index (χ3v) is 4.50. The minimum absolute atomic E-state index is 0.213. The summed E-state index contributed by atoms with van der Waals surface area (Å²) in [5.74, 6) is 0.163. The van der Waals surface area contributed by atoms with Gasteiger partial charge in [0.1, 0.15) is 5.82 Å². The number of para-hydroxylation sites is 1. The number of aromatic nitrogens is 2. The Labute approximate surface area is 163 Å². The monoisotopic (exact) mass is 438 g/mol. The van der Waals surface area contributed by atoms with E-state index in [0.717, 1.165) is 5.69 Å². The Bertz CT molecular complexity index is 881. The number of nitrogens with one attached hydrogen (secondary N) is 2. The first kappa shape index (κ1) is 17.8. The molecule has 0 spiro atoms. The second kappa shape index (κ2) is 7.95. The topological polar surface area (TPSA) is 41.9 Å². The van der Waals surface area contributed by atoms with E-state index in [2.05, 4.69) is 31.7 Å². The van der Waals surface area contributed by atoms with Crippen molar-refractivity contribution in [3.8, 4) is 0 Å². The smallest absolute Gasteiger partial charge is 0.176 e. The molecule has 0 aliphatic heterocycles. The van der Waals surface area contributed by atoms with E-state index >= 15 is 0 Å². The molecule has 0 saturated heterocycles. The molecule has 3 aromatic rings. The molecule has 4 nitrogen and oxygen atoms in total. The van der Waals surface area contributed by atoms with Crippen molar-refractivity contribution in [1.29, 1.82) is 0 Å². The lowest BCUT2D eigenvalue weighted by atomic mass is 10.2. The molecule has 0 saturated carbocycles. The first-order valence-electron chi connectivity index (χ1n) is 7.32. The highest BCUT2D eigenvalue weighted by Crippen LogP contribution is 2.24. The van der Waals surface area contributed by atoms with Crippen LogP contribution in [0.4, 0.5) is 15.9 Å². The fourth-order valence-corrected chi connectivity index (χ4v) is 3.05. The predicted octanol–water partition coefficient (Wildman–Crippen LogP) is 5.30. The zero-order chi connectivity index (χ0) is 17.8. The summed E-state index contributed by atoms with van der Waals surface area (Å²) in [5.41, 5.74) is 1.25. The maximum absolute atomic E-state index is 13.9. The van der Waals surface area contributed by atoms with Gasteiger partial charge in [-0.3, -0.25) is 4.68 Å². The second-order valence-corrected chi connectivity index (χ2v) is 6.84.